The molecule has 4 rings (SSSR count). The van der Waals surface area contributed by atoms with Crippen molar-refractivity contribution in [2.45, 2.75) is 24.4 Å². The van der Waals surface area contributed by atoms with Crippen LogP contribution in [0, 0.1) is 0 Å². The summed E-state index contributed by atoms with van der Waals surface area (Å²) in [5.74, 6) is 0.531. The van der Waals surface area contributed by atoms with Gasteiger partial charge in [0, 0.05) is 11.6 Å². The Hall–Kier alpha value is -2.48. The number of alkyl halides is 1. The second-order valence-corrected chi connectivity index (χ2v) is 6.54. The number of anilines is 1. The molecule has 128 valence electrons. The van der Waals surface area contributed by atoms with Gasteiger partial charge in [0.05, 0.1) is 22.8 Å². The van der Waals surface area contributed by atoms with Gasteiger partial charge in [0.2, 0.25) is 5.91 Å². The van der Waals surface area contributed by atoms with E-state index < -0.39 is 6.04 Å². The summed E-state index contributed by atoms with van der Waals surface area (Å²) in [5.41, 5.74) is 8.79. The van der Waals surface area contributed by atoms with E-state index in [4.69, 9.17) is 11.6 Å². The molecule has 4 N–H and O–H groups in total. The maximum absolute atomic E-state index is 12.4. The Balaban J connectivity index is 1.56. The highest BCUT2D eigenvalue weighted by Gasteiger charge is 2.36. The van der Waals surface area contributed by atoms with Crippen LogP contribution in [0.1, 0.15) is 6.92 Å². The first-order chi connectivity index (χ1) is 12.1. The fourth-order valence-electron chi connectivity index (χ4n) is 2.80. The number of halogens is 1. The number of aromatic amines is 1. The topological polar surface area (TPSA) is 94.7 Å². The van der Waals surface area contributed by atoms with E-state index in [0.29, 0.717) is 11.3 Å². The minimum absolute atomic E-state index is 0.0130. The zero-order chi connectivity index (χ0) is 17.4. The number of fused-ring (bicyclic) bond motifs is 1. The number of pyridine rings is 1. The third-order valence-corrected chi connectivity index (χ3v) is 4.83. The van der Waals surface area contributed by atoms with Crippen molar-refractivity contribution in [2.24, 2.45) is 0 Å². The second-order valence-electron chi connectivity index (χ2n) is 6.04. The molecule has 25 heavy (non-hydrogen) atoms. The van der Waals surface area contributed by atoms with Gasteiger partial charge in [-0.1, -0.05) is 30.3 Å². The van der Waals surface area contributed by atoms with E-state index in [1.807, 2.05) is 43.3 Å². The summed E-state index contributed by atoms with van der Waals surface area (Å²) in [5, 5.41) is 2.51. The van der Waals surface area contributed by atoms with Crippen LogP contribution >= 0.6 is 11.6 Å². The van der Waals surface area contributed by atoms with Crippen LogP contribution in [0.3, 0.4) is 0 Å². The molecule has 3 atom stereocenters. The summed E-state index contributed by atoms with van der Waals surface area (Å²) in [6.45, 7) is 1.92. The Kier molecular flexibility index (Phi) is 4.12. The largest absolute Gasteiger partial charge is 0.337 e. The Morgan fingerprint density at radius 2 is 2.04 bits per heavy atom. The Labute approximate surface area is 149 Å². The van der Waals surface area contributed by atoms with Crippen LogP contribution in [0.15, 0.2) is 42.6 Å². The van der Waals surface area contributed by atoms with Crippen LogP contribution < -0.4 is 16.2 Å². The van der Waals surface area contributed by atoms with Crippen molar-refractivity contribution in [1.82, 2.24) is 25.8 Å². The number of H-pyrrole nitrogens is 1. The number of carbonyl (C=O) groups excluding carboxylic acids is 1. The lowest BCUT2D eigenvalue weighted by molar-refractivity contribution is -0.117. The summed E-state index contributed by atoms with van der Waals surface area (Å²) < 4.78 is 0. The van der Waals surface area contributed by atoms with Gasteiger partial charge in [0.25, 0.3) is 0 Å². The van der Waals surface area contributed by atoms with E-state index in [2.05, 4.69) is 31.1 Å². The fourth-order valence-corrected chi connectivity index (χ4v) is 3.04. The number of hydrogen-bond donors (Lipinski definition) is 4. The van der Waals surface area contributed by atoms with Gasteiger partial charge in [-0.05, 0) is 13.0 Å². The zero-order valence-electron chi connectivity index (χ0n) is 13.5. The standard InChI is InChI=1S/C17H17ClN6O/c1-9-13(18)14(24-23-9)17(25)20-11-7-12-16(19-8-11)22-15(21-12)10-5-3-2-4-6-10/h2-9,13-14,23-24H,1H3,(H,20,25)(H,19,21,22). The molecular formula is C17H17ClN6O. The third-order valence-electron chi connectivity index (χ3n) is 4.20. The van der Waals surface area contributed by atoms with E-state index in [1.54, 1.807) is 6.20 Å². The second kappa shape index (κ2) is 6.44. The number of amides is 1. The fraction of sp³-hybridized carbons (Fsp3) is 0.235. The maximum atomic E-state index is 12.4. The molecule has 0 aliphatic carbocycles. The third kappa shape index (κ3) is 3.09. The number of hydrogen-bond acceptors (Lipinski definition) is 5. The van der Waals surface area contributed by atoms with Crippen molar-refractivity contribution in [1.29, 1.82) is 0 Å². The van der Waals surface area contributed by atoms with Gasteiger partial charge in [-0.25, -0.2) is 15.4 Å². The quantitative estimate of drug-likeness (QED) is 0.539. The molecule has 7 nitrogen and oxygen atoms in total. The SMILES string of the molecule is CC1NNC(C(=O)Nc2cnc3nc(-c4ccccc4)[nH]c3c2)C1Cl. The molecule has 3 heterocycles. The summed E-state index contributed by atoms with van der Waals surface area (Å²) in [4.78, 5) is 24.4. The van der Waals surface area contributed by atoms with E-state index in [1.165, 1.54) is 0 Å². The van der Waals surface area contributed by atoms with Gasteiger partial charge in [-0.15, -0.1) is 11.6 Å². The highest BCUT2D eigenvalue weighted by molar-refractivity contribution is 6.24. The Morgan fingerprint density at radius 3 is 2.76 bits per heavy atom. The summed E-state index contributed by atoms with van der Waals surface area (Å²) in [7, 11) is 0. The molecule has 1 aliphatic rings. The normalized spacial score (nSPS) is 23.0. The van der Waals surface area contributed by atoms with Gasteiger partial charge in [-0.3, -0.25) is 10.2 Å². The molecule has 3 unspecified atom stereocenters. The first kappa shape index (κ1) is 16.0. The van der Waals surface area contributed by atoms with Crippen molar-refractivity contribution in [3.63, 3.8) is 0 Å². The van der Waals surface area contributed by atoms with Crippen molar-refractivity contribution in [2.75, 3.05) is 5.32 Å². The van der Waals surface area contributed by atoms with Crippen molar-refractivity contribution in [3.05, 3.63) is 42.6 Å². The first-order valence-electron chi connectivity index (χ1n) is 7.99. The van der Waals surface area contributed by atoms with Crippen LogP contribution in [0.2, 0.25) is 0 Å². The predicted octanol–water partition coefficient (Wildman–Crippen LogP) is 2.04. The summed E-state index contributed by atoms with van der Waals surface area (Å²) in [6, 6.07) is 11.1. The van der Waals surface area contributed by atoms with Gasteiger partial charge in [0.1, 0.15) is 11.9 Å². The zero-order valence-corrected chi connectivity index (χ0v) is 14.2. The number of hydrazine groups is 1. The molecule has 1 aliphatic heterocycles. The van der Waals surface area contributed by atoms with Gasteiger partial charge >= 0.3 is 0 Å². The number of aromatic nitrogens is 3. The van der Waals surface area contributed by atoms with Crippen molar-refractivity contribution < 1.29 is 4.79 Å². The lowest BCUT2D eigenvalue weighted by Crippen LogP contribution is -2.42. The van der Waals surface area contributed by atoms with Gasteiger partial charge in [-0.2, -0.15) is 0 Å². The number of rotatable bonds is 3. The molecule has 1 amide bonds. The maximum Gasteiger partial charge on any atom is 0.244 e. The molecule has 1 saturated heterocycles. The van der Waals surface area contributed by atoms with E-state index in [-0.39, 0.29) is 17.3 Å². The molecule has 0 radical (unpaired) electrons. The minimum atomic E-state index is -0.506. The number of carbonyl (C=O) groups is 1. The molecule has 2 aromatic heterocycles. The number of nitrogens with zero attached hydrogens (tertiary/aromatic N) is 2. The van der Waals surface area contributed by atoms with Crippen LogP contribution in [-0.2, 0) is 4.79 Å². The molecule has 0 spiro atoms. The predicted molar refractivity (Wildman–Crippen MR) is 97.1 cm³/mol. The highest BCUT2D eigenvalue weighted by Crippen LogP contribution is 2.22. The molecule has 3 aromatic rings. The smallest absolute Gasteiger partial charge is 0.244 e. The Morgan fingerprint density at radius 1 is 1.24 bits per heavy atom. The average molecular weight is 357 g/mol. The average Bonchev–Trinajstić information content (AvgIpc) is 3.19. The molecule has 0 saturated carbocycles. The molecule has 1 fully saturated rings. The summed E-state index contributed by atoms with van der Waals surface area (Å²) >= 11 is 6.24. The molecule has 8 heteroatoms. The van der Waals surface area contributed by atoms with Crippen LogP contribution in [0.5, 0.6) is 0 Å². The van der Waals surface area contributed by atoms with Gasteiger partial charge < -0.3 is 10.3 Å². The van der Waals surface area contributed by atoms with E-state index in [9.17, 15) is 4.79 Å². The molecule has 0 bridgehead atoms. The van der Waals surface area contributed by atoms with Crippen molar-refractivity contribution >= 4 is 34.4 Å². The number of nitrogens with one attached hydrogen (secondary N) is 4. The summed E-state index contributed by atoms with van der Waals surface area (Å²) in [6.07, 6.45) is 1.59. The van der Waals surface area contributed by atoms with E-state index >= 15 is 0 Å². The lowest BCUT2D eigenvalue weighted by atomic mass is 10.1. The van der Waals surface area contributed by atoms with Crippen LogP contribution in [0.4, 0.5) is 5.69 Å². The minimum Gasteiger partial charge on any atom is -0.337 e. The monoisotopic (exact) mass is 356 g/mol. The molecule has 1 aromatic carbocycles. The first-order valence-corrected chi connectivity index (χ1v) is 8.42. The molecular weight excluding hydrogens is 340 g/mol. The van der Waals surface area contributed by atoms with Crippen LogP contribution in [0.25, 0.3) is 22.6 Å². The lowest BCUT2D eigenvalue weighted by Gasteiger charge is -2.14. The number of benzene rings is 1. The van der Waals surface area contributed by atoms with E-state index in [0.717, 1.165) is 16.9 Å². The number of imidazole rings is 1. The highest BCUT2D eigenvalue weighted by atomic mass is 35.5. The van der Waals surface area contributed by atoms with Gasteiger partial charge in [0.15, 0.2) is 5.65 Å². The van der Waals surface area contributed by atoms with Crippen LogP contribution in [-0.4, -0.2) is 38.3 Å². The Bertz CT molecular complexity index is 912. The van der Waals surface area contributed by atoms with Crippen molar-refractivity contribution in [3.8, 4) is 11.4 Å².